The number of carbonyl (C=O) groups is 1. The summed E-state index contributed by atoms with van der Waals surface area (Å²) in [7, 11) is 6.00. The molecule has 0 aliphatic heterocycles. The molecule has 0 amide bonds. The fraction of sp³-hybridized carbons (Fsp3) is 0.800. The largest absolute Gasteiger partial charge is 0.312 e. The zero-order chi connectivity index (χ0) is 6.28. The smallest absolute Gasteiger partial charge is 0.116 e. The molecule has 0 aromatic heterocycles. The second kappa shape index (κ2) is 9.16. The summed E-state index contributed by atoms with van der Waals surface area (Å²) >= 11 is 0. The summed E-state index contributed by atoms with van der Waals surface area (Å²) in [4.78, 5) is 10.8. The second-order valence-corrected chi connectivity index (χ2v) is 1.58. The Morgan fingerprint density at radius 3 is 1.29 bits per heavy atom. The third kappa shape index (κ3) is 542. The molecule has 0 atom stereocenters. The lowest BCUT2D eigenvalue weighted by molar-refractivity contribution is -0.106. The molecule has 0 aliphatic carbocycles. The van der Waals surface area contributed by atoms with Crippen LogP contribution in [0, 0.1) is 0 Å². The van der Waals surface area contributed by atoms with E-state index in [4.69, 9.17) is 4.79 Å². The fourth-order valence-corrected chi connectivity index (χ4v) is 0. The van der Waals surface area contributed by atoms with E-state index in [-0.39, 0.29) is 0 Å². The van der Waals surface area contributed by atoms with Crippen LogP contribution in [0.15, 0.2) is 0 Å². The Morgan fingerprint density at radius 1 is 1.29 bits per heavy atom. The standard InChI is InChI=1S/C3H9N.C2H4O/c1-4(2)3;1-2-3/h1-3H3;2H,1H3. The van der Waals surface area contributed by atoms with E-state index >= 15 is 0 Å². The van der Waals surface area contributed by atoms with Crippen LogP contribution in [0.25, 0.3) is 0 Å². The van der Waals surface area contributed by atoms with E-state index in [2.05, 4.69) is 0 Å². The molecule has 0 saturated carbocycles. The van der Waals surface area contributed by atoms with Crippen molar-refractivity contribution in [2.45, 2.75) is 6.92 Å². The van der Waals surface area contributed by atoms with Gasteiger partial charge >= 0.3 is 0 Å². The summed E-state index contributed by atoms with van der Waals surface area (Å²) in [5.74, 6) is 0. The van der Waals surface area contributed by atoms with Crippen molar-refractivity contribution in [3.63, 3.8) is 0 Å². The number of rotatable bonds is 0. The van der Waals surface area contributed by atoms with E-state index in [1.807, 2.05) is 26.0 Å². The predicted octanol–water partition coefficient (Wildman–Crippen LogP) is 0.383. The maximum absolute atomic E-state index is 8.81. The molecule has 0 spiro atoms. The summed E-state index contributed by atoms with van der Waals surface area (Å²) in [5, 5.41) is 0. The molecule has 2 nitrogen and oxygen atoms in total. The van der Waals surface area contributed by atoms with Crippen LogP contribution in [-0.2, 0) is 4.79 Å². The Balaban J connectivity index is 0. The van der Waals surface area contributed by atoms with E-state index in [0.29, 0.717) is 0 Å². The number of aldehydes is 1. The van der Waals surface area contributed by atoms with Gasteiger partial charge in [0, 0.05) is 0 Å². The zero-order valence-corrected chi connectivity index (χ0v) is 5.43. The molecule has 0 radical (unpaired) electrons. The molecule has 0 fully saturated rings. The lowest BCUT2D eigenvalue weighted by Crippen LogP contribution is -1.99. The van der Waals surface area contributed by atoms with Gasteiger partial charge < -0.3 is 9.69 Å². The fourth-order valence-electron chi connectivity index (χ4n) is 0. The van der Waals surface area contributed by atoms with E-state index in [1.54, 1.807) is 0 Å². The van der Waals surface area contributed by atoms with Crippen LogP contribution in [-0.4, -0.2) is 32.3 Å². The van der Waals surface area contributed by atoms with Crippen molar-refractivity contribution in [3.8, 4) is 0 Å². The van der Waals surface area contributed by atoms with Gasteiger partial charge in [-0.3, -0.25) is 0 Å². The highest BCUT2D eigenvalue weighted by Gasteiger charge is 1.58. The summed E-state index contributed by atoms with van der Waals surface area (Å²) < 4.78 is 0. The van der Waals surface area contributed by atoms with Crippen LogP contribution in [0.4, 0.5) is 0 Å². The highest BCUT2D eigenvalue weighted by atomic mass is 16.1. The van der Waals surface area contributed by atoms with Crippen molar-refractivity contribution < 1.29 is 4.79 Å². The zero-order valence-electron chi connectivity index (χ0n) is 5.43. The summed E-state index contributed by atoms with van der Waals surface area (Å²) in [5.41, 5.74) is 0. The number of hydrogen-bond donors (Lipinski definition) is 0. The molecule has 0 unspecified atom stereocenters. The summed E-state index contributed by atoms with van der Waals surface area (Å²) in [6, 6.07) is 0. The van der Waals surface area contributed by atoms with Gasteiger partial charge in [0.05, 0.1) is 0 Å². The molecule has 0 N–H and O–H groups in total. The topological polar surface area (TPSA) is 20.3 Å². The maximum Gasteiger partial charge on any atom is 0.116 e. The van der Waals surface area contributed by atoms with Gasteiger partial charge in [-0.05, 0) is 28.1 Å². The van der Waals surface area contributed by atoms with Crippen molar-refractivity contribution in [2.24, 2.45) is 0 Å². The van der Waals surface area contributed by atoms with E-state index in [0.717, 1.165) is 6.29 Å². The predicted molar refractivity (Wildman–Crippen MR) is 31.3 cm³/mol. The average Bonchev–Trinajstić information content (AvgIpc) is 1.33. The number of hydrogen-bond acceptors (Lipinski definition) is 2. The number of nitrogens with zero attached hydrogens (tertiary/aromatic N) is 1. The van der Waals surface area contributed by atoms with Crippen molar-refractivity contribution in [1.29, 1.82) is 0 Å². The first-order valence-electron chi connectivity index (χ1n) is 2.15. The maximum atomic E-state index is 8.81. The van der Waals surface area contributed by atoms with E-state index in [1.165, 1.54) is 6.92 Å². The molecule has 0 rings (SSSR count). The van der Waals surface area contributed by atoms with Gasteiger partial charge in [-0.15, -0.1) is 0 Å². The third-order valence-electron chi connectivity index (χ3n) is 0. The van der Waals surface area contributed by atoms with Crippen LogP contribution in [0.5, 0.6) is 0 Å². The minimum atomic E-state index is 0.750. The molecule has 0 bridgehead atoms. The van der Waals surface area contributed by atoms with Gasteiger partial charge in [0.15, 0.2) is 0 Å². The van der Waals surface area contributed by atoms with E-state index in [9.17, 15) is 0 Å². The molecule has 0 aromatic carbocycles. The molecule has 0 saturated heterocycles. The van der Waals surface area contributed by atoms with Crippen LogP contribution in [0.1, 0.15) is 6.92 Å². The lowest BCUT2D eigenvalue weighted by Gasteiger charge is -1.90. The molecule has 0 aliphatic rings. The first-order chi connectivity index (χ1) is 3.15. The molecule has 2 heteroatoms. The Labute approximate surface area is 45.1 Å². The Hall–Kier alpha value is -0.370. The van der Waals surface area contributed by atoms with Gasteiger partial charge in [0.25, 0.3) is 0 Å². The van der Waals surface area contributed by atoms with Crippen LogP contribution < -0.4 is 0 Å². The quantitative estimate of drug-likeness (QED) is 0.413. The molecule has 0 heterocycles. The van der Waals surface area contributed by atoms with E-state index < -0.39 is 0 Å². The van der Waals surface area contributed by atoms with Gasteiger partial charge in [0.2, 0.25) is 0 Å². The molecule has 44 valence electrons. The Kier molecular flexibility index (Phi) is 12.8. The molecular weight excluding hydrogens is 90.1 g/mol. The lowest BCUT2D eigenvalue weighted by atomic mass is 11.0. The summed E-state index contributed by atoms with van der Waals surface area (Å²) in [6.07, 6.45) is 0.750. The first kappa shape index (κ1) is 9.80. The van der Waals surface area contributed by atoms with Crippen LogP contribution >= 0.6 is 0 Å². The Bertz CT molecular complexity index is 32.3. The van der Waals surface area contributed by atoms with Crippen molar-refractivity contribution in [2.75, 3.05) is 21.1 Å². The highest BCUT2D eigenvalue weighted by molar-refractivity contribution is 5.44. The van der Waals surface area contributed by atoms with Crippen molar-refractivity contribution in [1.82, 2.24) is 4.90 Å². The van der Waals surface area contributed by atoms with Crippen LogP contribution in [0.3, 0.4) is 0 Å². The molecular formula is C5H13NO. The SMILES string of the molecule is CC=O.CN(C)C. The molecule has 0 aromatic rings. The van der Waals surface area contributed by atoms with Gasteiger partial charge in [-0.1, -0.05) is 0 Å². The van der Waals surface area contributed by atoms with Crippen molar-refractivity contribution >= 4 is 6.29 Å². The monoisotopic (exact) mass is 103 g/mol. The number of carbonyl (C=O) groups excluding carboxylic acids is 1. The minimum Gasteiger partial charge on any atom is -0.312 e. The normalized spacial score (nSPS) is 7.00. The van der Waals surface area contributed by atoms with Gasteiger partial charge in [-0.25, -0.2) is 0 Å². The molecule has 7 heavy (non-hydrogen) atoms. The summed E-state index contributed by atoms with van der Waals surface area (Å²) in [6.45, 7) is 1.44. The third-order valence-corrected chi connectivity index (χ3v) is 0. The second-order valence-electron chi connectivity index (χ2n) is 1.58. The van der Waals surface area contributed by atoms with Gasteiger partial charge in [0.1, 0.15) is 6.29 Å². The van der Waals surface area contributed by atoms with Crippen molar-refractivity contribution in [3.05, 3.63) is 0 Å². The highest BCUT2D eigenvalue weighted by Crippen LogP contribution is 1.47. The first-order valence-corrected chi connectivity index (χ1v) is 2.15. The Morgan fingerprint density at radius 2 is 1.29 bits per heavy atom. The van der Waals surface area contributed by atoms with Crippen LogP contribution in [0.2, 0.25) is 0 Å². The average molecular weight is 103 g/mol. The van der Waals surface area contributed by atoms with Gasteiger partial charge in [-0.2, -0.15) is 0 Å². The minimum absolute atomic E-state index is 0.750.